The van der Waals surface area contributed by atoms with Crippen molar-refractivity contribution in [3.63, 3.8) is 0 Å². The smallest absolute Gasteiger partial charge is 0.120 e. The molecule has 0 spiro atoms. The summed E-state index contributed by atoms with van der Waals surface area (Å²) < 4.78 is 5.03. The van der Waals surface area contributed by atoms with Crippen molar-refractivity contribution in [2.45, 2.75) is 19.4 Å². The van der Waals surface area contributed by atoms with E-state index in [0.717, 1.165) is 25.1 Å². The highest BCUT2D eigenvalue weighted by Crippen LogP contribution is 2.26. The van der Waals surface area contributed by atoms with Gasteiger partial charge in [0.05, 0.1) is 0 Å². The molecule has 0 heterocycles. The number of phenolic OH excluding ortho intramolecular Hbond substituents is 1. The van der Waals surface area contributed by atoms with E-state index in [4.69, 9.17) is 4.74 Å². The fourth-order valence-electron chi connectivity index (χ4n) is 1.73. The third-order valence-electron chi connectivity index (χ3n) is 2.91. The number of phenols is 1. The van der Waals surface area contributed by atoms with E-state index < -0.39 is 0 Å². The summed E-state index contributed by atoms with van der Waals surface area (Å²) in [7, 11) is 3.78. The SMILES string of the molecule is COCCCN(C)C(C)c1ccccc1O. The monoisotopic (exact) mass is 223 g/mol. The first kappa shape index (κ1) is 13.0. The van der Waals surface area contributed by atoms with Crippen molar-refractivity contribution in [2.75, 3.05) is 27.3 Å². The van der Waals surface area contributed by atoms with Crippen molar-refractivity contribution < 1.29 is 9.84 Å². The molecule has 0 bridgehead atoms. The molecule has 90 valence electrons. The Morgan fingerprint density at radius 2 is 2.06 bits per heavy atom. The third-order valence-corrected chi connectivity index (χ3v) is 2.91. The van der Waals surface area contributed by atoms with Crippen LogP contribution in [-0.2, 0) is 4.74 Å². The minimum atomic E-state index is 0.220. The first-order valence-corrected chi connectivity index (χ1v) is 5.64. The van der Waals surface area contributed by atoms with Gasteiger partial charge in [-0.2, -0.15) is 0 Å². The van der Waals surface area contributed by atoms with Crippen LogP contribution in [0.15, 0.2) is 24.3 Å². The maximum absolute atomic E-state index is 9.75. The average Bonchev–Trinajstić information content (AvgIpc) is 2.29. The second-order valence-electron chi connectivity index (χ2n) is 4.06. The largest absolute Gasteiger partial charge is 0.508 e. The van der Waals surface area contributed by atoms with Crippen molar-refractivity contribution >= 4 is 0 Å². The molecule has 1 unspecified atom stereocenters. The van der Waals surface area contributed by atoms with E-state index in [1.807, 2.05) is 18.2 Å². The van der Waals surface area contributed by atoms with Crippen LogP contribution in [0.1, 0.15) is 24.9 Å². The zero-order valence-electron chi connectivity index (χ0n) is 10.3. The van der Waals surface area contributed by atoms with E-state index in [9.17, 15) is 5.11 Å². The first-order chi connectivity index (χ1) is 7.66. The van der Waals surface area contributed by atoms with Gasteiger partial charge in [-0.05, 0) is 26.5 Å². The van der Waals surface area contributed by atoms with Crippen molar-refractivity contribution in [3.05, 3.63) is 29.8 Å². The molecule has 0 aliphatic heterocycles. The molecule has 0 aliphatic carbocycles. The fourth-order valence-corrected chi connectivity index (χ4v) is 1.73. The second-order valence-corrected chi connectivity index (χ2v) is 4.06. The number of hydrogen-bond donors (Lipinski definition) is 1. The highest BCUT2D eigenvalue weighted by atomic mass is 16.5. The Balaban J connectivity index is 2.56. The molecule has 1 atom stereocenters. The Kier molecular flexibility index (Phi) is 5.29. The number of aromatic hydroxyl groups is 1. The van der Waals surface area contributed by atoms with Gasteiger partial charge in [-0.1, -0.05) is 18.2 Å². The lowest BCUT2D eigenvalue weighted by atomic mass is 10.1. The van der Waals surface area contributed by atoms with Crippen LogP contribution in [0.3, 0.4) is 0 Å². The number of para-hydroxylation sites is 1. The Labute approximate surface area is 97.7 Å². The van der Waals surface area contributed by atoms with E-state index in [-0.39, 0.29) is 6.04 Å². The van der Waals surface area contributed by atoms with Crippen LogP contribution in [0.5, 0.6) is 5.75 Å². The summed E-state index contributed by atoms with van der Waals surface area (Å²) in [5, 5.41) is 9.75. The van der Waals surface area contributed by atoms with Gasteiger partial charge in [0.1, 0.15) is 5.75 Å². The quantitative estimate of drug-likeness (QED) is 0.752. The molecule has 3 nitrogen and oxygen atoms in total. The Morgan fingerprint density at radius 1 is 1.38 bits per heavy atom. The zero-order valence-corrected chi connectivity index (χ0v) is 10.3. The minimum absolute atomic E-state index is 0.220. The van der Waals surface area contributed by atoms with E-state index in [0.29, 0.717) is 5.75 Å². The number of ether oxygens (including phenoxy) is 1. The standard InChI is InChI=1S/C13H21NO2/c1-11(14(2)9-6-10-16-3)12-7-4-5-8-13(12)15/h4-5,7-8,11,15H,6,9-10H2,1-3H3. The lowest BCUT2D eigenvalue weighted by Gasteiger charge is -2.25. The van der Waals surface area contributed by atoms with Crippen molar-refractivity contribution in [3.8, 4) is 5.75 Å². The Morgan fingerprint density at radius 3 is 2.69 bits per heavy atom. The second kappa shape index (κ2) is 6.51. The molecular weight excluding hydrogens is 202 g/mol. The summed E-state index contributed by atoms with van der Waals surface area (Å²) in [6.07, 6.45) is 1.00. The van der Waals surface area contributed by atoms with Crippen LogP contribution >= 0.6 is 0 Å². The van der Waals surface area contributed by atoms with E-state index >= 15 is 0 Å². The van der Waals surface area contributed by atoms with Gasteiger partial charge in [-0.3, -0.25) is 4.90 Å². The number of benzene rings is 1. The summed E-state index contributed by atoms with van der Waals surface area (Å²) in [6.45, 7) is 3.84. The predicted molar refractivity (Wildman–Crippen MR) is 65.6 cm³/mol. The van der Waals surface area contributed by atoms with Crippen molar-refractivity contribution in [1.29, 1.82) is 0 Å². The summed E-state index contributed by atoms with van der Waals surface area (Å²) in [6, 6.07) is 7.71. The summed E-state index contributed by atoms with van der Waals surface area (Å²) >= 11 is 0. The summed E-state index contributed by atoms with van der Waals surface area (Å²) in [5.74, 6) is 0.369. The molecular formula is C13H21NO2. The molecule has 0 saturated heterocycles. The molecule has 1 aromatic carbocycles. The van der Waals surface area contributed by atoms with Crippen LogP contribution in [0.2, 0.25) is 0 Å². The van der Waals surface area contributed by atoms with Gasteiger partial charge in [0, 0.05) is 31.9 Å². The van der Waals surface area contributed by atoms with Crippen LogP contribution in [0.4, 0.5) is 0 Å². The number of hydrogen-bond acceptors (Lipinski definition) is 3. The van der Waals surface area contributed by atoms with Crippen molar-refractivity contribution in [1.82, 2.24) is 4.90 Å². The molecule has 0 amide bonds. The Hall–Kier alpha value is -1.06. The average molecular weight is 223 g/mol. The molecule has 1 rings (SSSR count). The van der Waals surface area contributed by atoms with Gasteiger partial charge in [-0.15, -0.1) is 0 Å². The Bertz CT molecular complexity index is 315. The van der Waals surface area contributed by atoms with E-state index in [1.165, 1.54) is 0 Å². The van der Waals surface area contributed by atoms with Gasteiger partial charge >= 0.3 is 0 Å². The lowest BCUT2D eigenvalue weighted by molar-refractivity contribution is 0.168. The molecule has 3 heteroatoms. The normalized spacial score (nSPS) is 13.0. The third kappa shape index (κ3) is 3.51. The molecule has 0 aromatic heterocycles. The fraction of sp³-hybridized carbons (Fsp3) is 0.538. The molecule has 0 aliphatic rings. The van der Waals surface area contributed by atoms with Crippen molar-refractivity contribution in [2.24, 2.45) is 0 Å². The minimum Gasteiger partial charge on any atom is -0.508 e. The maximum Gasteiger partial charge on any atom is 0.120 e. The number of nitrogens with zero attached hydrogens (tertiary/aromatic N) is 1. The molecule has 1 aromatic rings. The van der Waals surface area contributed by atoms with Crippen LogP contribution < -0.4 is 0 Å². The van der Waals surface area contributed by atoms with E-state index in [1.54, 1.807) is 13.2 Å². The predicted octanol–water partition coefficient (Wildman–Crippen LogP) is 2.42. The van der Waals surface area contributed by atoms with Crippen LogP contribution in [-0.4, -0.2) is 37.3 Å². The molecule has 16 heavy (non-hydrogen) atoms. The number of rotatable bonds is 6. The summed E-state index contributed by atoms with van der Waals surface area (Å²) in [5.41, 5.74) is 0.974. The van der Waals surface area contributed by atoms with Gasteiger partial charge in [-0.25, -0.2) is 0 Å². The maximum atomic E-state index is 9.75. The zero-order chi connectivity index (χ0) is 12.0. The topological polar surface area (TPSA) is 32.7 Å². The van der Waals surface area contributed by atoms with E-state index in [2.05, 4.69) is 18.9 Å². The van der Waals surface area contributed by atoms with Crippen LogP contribution in [0.25, 0.3) is 0 Å². The highest BCUT2D eigenvalue weighted by molar-refractivity contribution is 5.34. The first-order valence-electron chi connectivity index (χ1n) is 5.64. The van der Waals surface area contributed by atoms with Gasteiger partial charge in [0.25, 0.3) is 0 Å². The number of methoxy groups -OCH3 is 1. The molecule has 0 radical (unpaired) electrons. The van der Waals surface area contributed by atoms with Gasteiger partial charge in [0.15, 0.2) is 0 Å². The summed E-state index contributed by atoms with van der Waals surface area (Å²) in [4.78, 5) is 2.22. The molecule has 0 fully saturated rings. The lowest BCUT2D eigenvalue weighted by Crippen LogP contribution is -2.24. The molecule has 1 N–H and O–H groups in total. The van der Waals surface area contributed by atoms with Gasteiger partial charge < -0.3 is 9.84 Å². The highest BCUT2D eigenvalue weighted by Gasteiger charge is 2.13. The van der Waals surface area contributed by atoms with Gasteiger partial charge in [0.2, 0.25) is 0 Å². The molecule has 0 saturated carbocycles. The van der Waals surface area contributed by atoms with Crippen LogP contribution in [0, 0.1) is 0 Å².